The largest absolute Gasteiger partial charge is 2.00 e. The maximum absolute atomic E-state index is 5.43. The van der Waals surface area contributed by atoms with Crippen LogP contribution in [0.5, 0.6) is 0 Å². The molecule has 0 fully saturated rings. The van der Waals surface area contributed by atoms with Gasteiger partial charge in [0.05, 0.1) is 0 Å². The summed E-state index contributed by atoms with van der Waals surface area (Å²) in [7, 11) is 0. The van der Waals surface area contributed by atoms with E-state index in [0.29, 0.717) is 0 Å². The van der Waals surface area contributed by atoms with E-state index in [0.717, 1.165) is 45.5 Å². The molecule has 218 valence electrons. The van der Waals surface area contributed by atoms with Crippen molar-refractivity contribution in [1.29, 1.82) is 0 Å². The van der Waals surface area contributed by atoms with E-state index in [9.17, 15) is 0 Å². The van der Waals surface area contributed by atoms with Crippen LogP contribution in [0.4, 0.5) is 0 Å². The van der Waals surface area contributed by atoms with Gasteiger partial charge in [-0.25, -0.2) is 0 Å². The van der Waals surface area contributed by atoms with Gasteiger partial charge in [0.15, 0.2) is 0 Å². The van der Waals surface area contributed by atoms with Crippen molar-refractivity contribution >= 4 is 59.8 Å². The zero-order chi connectivity index (χ0) is 29.6. The van der Waals surface area contributed by atoms with Gasteiger partial charge in [-0.2, -0.15) is 24.3 Å². The summed E-state index contributed by atoms with van der Waals surface area (Å²) in [6.45, 7) is 6.92. The first-order chi connectivity index (χ1) is 21.4. The fourth-order valence-corrected chi connectivity index (χ4v) is 7.04. The number of hydrogen-bond acceptors (Lipinski definition) is 2. The second-order valence-electron chi connectivity index (χ2n) is 13.2. The number of fused-ring (bicyclic) bond motifs is 6. The molecule has 0 aliphatic heterocycles. The predicted octanol–water partition coefficient (Wildman–Crippen LogP) is 10.5. The van der Waals surface area contributed by atoms with Crippen LogP contribution in [-0.2, 0) is 27.5 Å². The molecule has 9 aromatic rings. The molecule has 4 heteroatoms. The molecule has 0 amide bonds. The Morgan fingerprint density at radius 3 is 2.22 bits per heavy atom. The molecule has 5 aromatic carbocycles. The molecular formula is C41H29N3Pt. The first-order valence-electron chi connectivity index (χ1n) is 15.2. The van der Waals surface area contributed by atoms with E-state index in [1.54, 1.807) is 0 Å². The molecule has 0 aliphatic rings. The normalized spacial score (nSPS) is 12.2. The summed E-state index contributed by atoms with van der Waals surface area (Å²) in [6.07, 6.45) is 2.93. The van der Waals surface area contributed by atoms with Gasteiger partial charge in [0.25, 0.3) is 0 Å². The monoisotopic (exact) mass is 758 g/mol. The van der Waals surface area contributed by atoms with E-state index in [1.165, 1.54) is 48.8 Å². The minimum absolute atomic E-state index is 0. The van der Waals surface area contributed by atoms with Gasteiger partial charge >= 0.3 is 21.1 Å². The van der Waals surface area contributed by atoms with Gasteiger partial charge in [0, 0.05) is 33.9 Å². The molecule has 9 rings (SSSR count). The number of benzene rings is 5. The number of pyridine rings is 3. The van der Waals surface area contributed by atoms with Crippen molar-refractivity contribution in [1.82, 2.24) is 14.4 Å². The van der Waals surface area contributed by atoms with Crippen molar-refractivity contribution in [2.75, 3.05) is 0 Å². The van der Waals surface area contributed by atoms with Gasteiger partial charge in [-0.1, -0.05) is 104 Å². The third kappa shape index (κ3) is 4.44. The average Bonchev–Trinajstić information content (AvgIpc) is 3.37. The van der Waals surface area contributed by atoms with E-state index in [1.807, 2.05) is 18.3 Å². The molecule has 4 heterocycles. The maximum Gasteiger partial charge on any atom is 2.00 e. The Hall–Kier alpha value is -4.59. The van der Waals surface area contributed by atoms with Gasteiger partial charge in [-0.15, -0.1) is 29.7 Å². The Labute approximate surface area is 276 Å². The molecule has 0 atom stereocenters. The predicted molar refractivity (Wildman–Crippen MR) is 183 cm³/mol. The molecule has 0 saturated heterocycles. The average molecular weight is 759 g/mol. The Morgan fingerprint density at radius 1 is 0.689 bits per heavy atom. The Bertz CT molecular complexity index is 2570. The van der Waals surface area contributed by atoms with Gasteiger partial charge in [-0.05, 0) is 44.3 Å². The summed E-state index contributed by atoms with van der Waals surface area (Å²) in [5.41, 5.74) is 8.44. The van der Waals surface area contributed by atoms with Crippen molar-refractivity contribution in [2.45, 2.75) is 27.2 Å². The molecule has 0 aliphatic carbocycles. The summed E-state index contributed by atoms with van der Waals surface area (Å²) >= 11 is 0. The van der Waals surface area contributed by atoms with Crippen molar-refractivity contribution in [3.8, 4) is 22.5 Å². The number of rotatable bonds is 3. The SMILES string of the molecule is CC(C)(C)Cc1cc2cc(-c3[c-]c(-c4cc5ccccc5cn4)ccc3)nc3c2c(c1)c1cccc2c4ccc[c-]c4n3c12.[Pt+2]. The summed E-state index contributed by atoms with van der Waals surface area (Å²) in [5, 5.41) is 9.63. The first-order valence-corrected chi connectivity index (χ1v) is 15.2. The van der Waals surface area contributed by atoms with E-state index in [2.05, 4.69) is 128 Å². The Morgan fingerprint density at radius 2 is 1.40 bits per heavy atom. The molecule has 0 N–H and O–H groups in total. The van der Waals surface area contributed by atoms with Crippen molar-refractivity contribution in [3.63, 3.8) is 0 Å². The number of hydrogen-bond donors (Lipinski definition) is 0. The van der Waals surface area contributed by atoms with E-state index in [4.69, 9.17) is 9.97 Å². The van der Waals surface area contributed by atoms with Crippen LogP contribution >= 0.6 is 0 Å². The maximum atomic E-state index is 5.43. The Balaban J connectivity index is 0.00000300. The van der Waals surface area contributed by atoms with Crippen molar-refractivity contribution < 1.29 is 21.1 Å². The molecule has 0 spiro atoms. The molecule has 4 aromatic heterocycles. The molecule has 45 heavy (non-hydrogen) atoms. The fourth-order valence-electron chi connectivity index (χ4n) is 7.04. The fraction of sp³-hybridized carbons (Fsp3) is 0.122. The van der Waals surface area contributed by atoms with Crippen molar-refractivity contribution in [3.05, 3.63) is 127 Å². The van der Waals surface area contributed by atoms with E-state index in [-0.39, 0.29) is 26.5 Å². The first kappa shape index (κ1) is 27.9. The number of para-hydroxylation sites is 2. The summed E-state index contributed by atoms with van der Waals surface area (Å²) in [5.74, 6) is 0. The number of nitrogens with zero attached hydrogens (tertiary/aromatic N) is 3. The van der Waals surface area contributed by atoms with Crippen LogP contribution in [-0.4, -0.2) is 14.4 Å². The van der Waals surface area contributed by atoms with Gasteiger partial charge in [0.1, 0.15) is 5.65 Å². The molecule has 3 nitrogen and oxygen atoms in total. The van der Waals surface area contributed by atoms with Gasteiger partial charge < -0.3 is 4.40 Å². The second kappa shape index (κ2) is 10.2. The molecule has 0 saturated carbocycles. The van der Waals surface area contributed by atoms with Crippen LogP contribution in [0.3, 0.4) is 0 Å². The molecule has 0 bridgehead atoms. The van der Waals surface area contributed by atoms with Crippen LogP contribution in [0.15, 0.2) is 109 Å². The molecular weight excluding hydrogens is 730 g/mol. The number of aromatic nitrogens is 3. The van der Waals surface area contributed by atoms with Crippen molar-refractivity contribution in [2.24, 2.45) is 5.41 Å². The minimum atomic E-state index is 0. The Kier molecular flexibility index (Phi) is 6.34. The topological polar surface area (TPSA) is 30.2 Å². The van der Waals surface area contributed by atoms with Crippen LogP contribution in [0, 0.1) is 17.5 Å². The minimum Gasteiger partial charge on any atom is -0.318 e. The third-order valence-electron chi connectivity index (χ3n) is 8.79. The van der Waals surface area contributed by atoms with Crippen LogP contribution < -0.4 is 0 Å². The van der Waals surface area contributed by atoms with Crippen LogP contribution in [0.25, 0.3) is 82.3 Å². The van der Waals surface area contributed by atoms with E-state index >= 15 is 0 Å². The van der Waals surface area contributed by atoms with Gasteiger partial charge in [-0.3, -0.25) is 9.97 Å². The smallest absolute Gasteiger partial charge is 0.318 e. The third-order valence-corrected chi connectivity index (χ3v) is 8.79. The van der Waals surface area contributed by atoms with Crippen LogP contribution in [0.2, 0.25) is 0 Å². The standard InChI is InChI=1S/C41H29N3.Pt/c1-41(2,3)23-25-18-30-22-36(28-13-8-12-27(20-28)35-21-26-10-4-5-11-29(26)24-42-35)43-40-38(30)34(19-25)33-16-9-15-32-31-14-6-7-17-37(31)44(40)39(32)33;/h4-16,18-19,21-22,24H,23H2,1-3H3;/q-2;+2. The molecule has 0 unspecified atom stereocenters. The summed E-state index contributed by atoms with van der Waals surface area (Å²) in [6, 6.07) is 43.9. The molecule has 0 radical (unpaired) electrons. The quantitative estimate of drug-likeness (QED) is 0.102. The van der Waals surface area contributed by atoms with Gasteiger partial charge in [0.2, 0.25) is 0 Å². The zero-order valence-corrected chi connectivity index (χ0v) is 27.5. The summed E-state index contributed by atoms with van der Waals surface area (Å²) in [4.78, 5) is 10.2. The zero-order valence-electron chi connectivity index (χ0n) is 25.3. The summed E-state index contributed by atoms with van der Waals surface area (Å²) < 4.78 is 2.33. The van der Waals surface area contributed by atoms with Crippen LogP contribution in [0.1, 0.15) is 26.3 Å². The van der Waals surface area contributed by atoms with E-state index < -0.39 is 0 Å². The second-order valence-corrected chi connectivity index (χ2v) is 13.2.